The van der Waals surface area contributed by atoms with Crippen LogP contribution in [0.15, 0.2) is 42.7 Å². The van der Waals surface area contributed by atoms with Gasteiger partial charge in [-0.15, -0.1) is 0 Å². The molecule has 1 N–H and O–H groups in total. The van der Waals surface area contributed by atoms with Crippen LogP contribution in [0.1, 0.15) is 16.7 Å². The third-order valence-corrected chi connectivity index (χ3v) is 3.56. The number of benzene rings is 1. The molecule has 3 heteroatoms. The van der Waals surface area contributed by atoms with E-state index in [9.17, 15) is 0 Å². The van der Waals surface area contributed by atoms with Gasteiger partial charge in [0.05, 0.1) is 10.6 Å². The Kier molecular flexibility index (Phi) is 3.45. The lowest BCUT2D eigenvalue weighted by atomic mass is 10.1. The Hall–Kier alpha value is -2.24. The molecule has 2 aromatic heterocycles. The van der Waals surface area contributed by atoms with Crippen LogP contribution < -0.4 is 0 Å². The van der Waals surface area contributed by atoms with Gasteiger partial charge in [0.15, 0.2) is 0 Å². The van der Waals surface area contributed by atoms with Crippen LogP contribution in [0.25, 0.3) is 11.0 Å². The number of hydrogen-bond acceptors (Lipinski definition) is 1. The average Bonchev–Trinajstić information content (AvgIpc) is 2.93. The summed E-state index contributed by atoms with van der Waals surface area (Å²) in [7, 11) is 0. The molecule has 1 aromatic carbocycles. The summed E-state index contributed by atoms with van der Waals surface area (Å²) in [6.45, 7) is 2.08. The zero-order valence-corrected chi connectivity index (χ0v) is 11.8. The maximum absolute atomic E-state index is 6.32. The molecule has 0 amide bonds. The molecule has 0 aliphatic heterocycles. The first-order valence-electron chi connectivity index (χ1n) is 6.40. The molecule has 2 nitrogen and oxygen atoms in total. The maximum atomic E-state index is 6.32. The Bertz CT molecular complexity index is 804. The molecule has 0 aliphatic rings. The number of rotatable bonds is 1. The van der Waals surface area contributed by atoms with Crippen molar-refractivity contribution in [3.05, 3.63) is 64.4 Å². The van der Waals surface area contributed by atoms with E-state index in [1.807, 2.05) is 12.3 Å². The van der Waals surface area contributed by atoms with Crippen LogP contribution in [0.3, 0.4) is 0 Å². The fourth-order valence-electron chi connectivity index (χ4n) is 2.01. The number of nitrogens with zero attached hydrogens (tertiary/aromatic N) is 1. The summed E-state index contributed by atoms with van der Waals surface area (Å²) in [6, 6.07) is 10.3. The van der Waals surface area contributed by atoms with Crippen molar-refractivity contribution in [2.75, 3.05) is 0 Å². The van der Waals surface area contributed by atoms with Gasteiger partial charge in [-0.1, -0.05) is 53.3 Å². The third kappa shape index (κ3) is 2.54. The van der Waals surface area contributed by atoms with E-state index in [1.165, 1.54) is 11.1 Å². The van der Waals surface area contributed by atoms with Crippen LogP contribution in [0.4, 0.5) is 0 Å². The van der Waals surface area contributed by atoms with Gasteiger partial charge in [0, 0.05) is 24.2 Å². The molecule has 0 spiro atoms. The van der Waals surface area contributed by atoms with Gasteiger partial charge in [0.1, 0.15) is 5.65 Å². The SMILES string of the molecule is Cc1ccc(CC#Cc2cnc3[nH]ccc3c2Cl)cc1. The Morgan fingerprint density at radius 1 is 1.20 bits per heavy atom. The molecular weight excluding hydrogens is 268 g/mol. The zero-order valence-electron chi connectivity index (χ0n) is 11.1. The first-order chi connectivity index (χ1) is 9.74. The molecule has 0 saturated heterocycles. The largest absolute Gasteiger partial charge is 0.346 e. The summed E-state index contributed by atoms with van der Waals surface area (Å²) in [5.74, 6) is 6.25. The van der Waals surface area contributed by atoms with Crippen LogP contribution in [0, 0.1) is 18.8 Å². The standard InChI is InChI=1S/C17H13ClN2/c1-12-5-7-13(8-6-12)3-2-4-14-11-20-17-15(16(14)18)9-10-19-17/h5-11H,3H2,1H3,(H,19,20). The highest BCUT2D eigenvalue weighted by Gasteiger charge is 2.05. The molecular formula is C17H13ClN2. The molecule has 0 radical (unpaired) electrons. The minimum Gasteiger partial charge on any atom is -0.346 e. The number of hydrogen-bond donors (Lipinski definition) is 1. The van der Waals surface area contributed by atoms with Crippen molar-refractivity contribution in [1.29, 1.82) is 0 Å². The Morgan fingerprint density at radius 2 is 2.00 bits per heavy atom. The van der Waals surface area contributed by atoms with Crippen LogP contribution in [0.2, 0.25) is 5.02 Å². The summed E-state index contributed by atoms with van der Waals surface area (Å²) >= 11 is 6.32. The summed E-state index contributed by atoms with van der Waals surface area (Å²) in [5, 5.41) is 1.57. The van der Waals surface area contributed by atoms with Crippen molar-refractivity contribution in [3.63, 3.8) is 0 Å². The molecule has 98 valence electrons. The van der Waals surface area contributed by atoms with Gasteiger partial charge in [-0.25, -0.2) is 4.98 Å². The van der Waals surface area contributed by atoms with Gasteiger partial charge in [0.25, 0.3) is 0 Å². The lowest BCUT2D eigenvalue weighted by Gasteiger charge is -1.97. The lowest BCUT2D eigenvalue weighted by Crippen LogP contribution is -1.85. The Morgan fingerprint density at radius 3 is 2.80 bits per heavy atom. The van der Waals surface area contributed by atoms with E-state index in [2.05, 4.69) is 53.0 Å². The number of fused-ring (bicyclic) bond motifs is 1. The quantitative estimate of drug-likeness (QED) is 0.668. The average molecular weight is 281 g/mol. The van der Waals surface area contributed by atoms with Gasteiger partial charge in [-0.3, -0.25) is 0 Å². The van der Waals surface area contributed by atoms with Crippen LogP contribution in [-0.4, -0.2) is 9.97 Å². The topological polar surface area (TPSA) is 28.7 Å². The van der Waals surface area contributed by atoms with Crippen LogP contribution in [-0.2, 0) is 6.42 Å². The van der Waals surface area contributed by atoms with Gasteiger partial charge in [0.2, 0.25) is 0 Å². The van der Waals surface area contributed by atoms with Crippen molar-refractivity contribution < 1.29 is 0 Å². The van der Waals surface area contributed by atoms with E-state index in [4.69, 9.17) is 11.6 Å². The molecule has 3 rings (SSSR count). The van der Waals surface area contributed by atoms with Crippen molar-refractivity contribution in [3.8, 4) is 11.8 Å². The summed E-state index contributed by atoms with van der Waals surface area (Å²) in [5.41, 5.74) is 4.02. The van der Waals surface area contributed by atoms with Gasteiger partial charge >= 0.3 is 0 Å². The number of aromatic nitrogens is 2. The fourth-order valence-corrected chi connectivity index (χ4v) is 2.26. The van der Waals surface area contributed by atoms with Crippen molar-refractivity contribution in [2.45, 2.75) is 13.3 Å². The molecule has 0 bridgehead atoms. The Balaban J connectivity index is 1.84. The molecule has 0 saturated carbocycles. The summed E-state index contributed by atoms with van der Waals surface area (Å²) < 4.78 is 0. The highest BCUT2D eigenvalue weighted by molar-refractivity contribution is 6.36. The molecule has 0 aliphatic carbocycles. The maximum Gasteiger partial charge on any atom is 0.138 e. The fraction of sp³-hybridized carbons (Fsp3) is 0.118. The third-order valence-electron chi connectivity index (χ3n) is 3.16. The van der Waals surface area contributed by atoms with E-state index >= 15 is 0 Å². The summed E-state index contributed by atoms with van der Waals surface area (Å²) in [6.07, 6.45) is 4.25. The van der Waals surface area contributed by atoms with Crippen molar-refractivity contribution in [2.24, 2.45) is 0 Å². The van der Waals surface area contributed by atoms with Gasteiger partial charge in [-0.2, -0.15) is 0 Å². The predicted octanol–water partition coefficient (Wildman–Crippen LogP) is 4.12. The number of H-pyrrole nitrogens is 1. The molecule has 0 unspecified atom stereocenters. The zero-order chi connectivity index (χ0) is 13.9. The van der Waals surface area contributed by atoms with Crippen LogP contribution >= 0.6 is 11.6 Å². The van der Waals surface area contributed by atoms with Crippen LogP contribution in [0.5, 0.6) is 0 Å². The number of nitrogens with one attached hydrogen (secondary N) is 1. The monoisotopic (exact) mass is 280 g/mol. The molecule has 0 fully saturated rings. The molecule has 2 heterocycles. The highest BCUT2D eigenvalue weighted by Crippen LogP contribution is 2.24. The van der Waals surface area contributed by atoms with Gasteiger partial charge in [-0.05, 0) is 18.6 Å². The Labute approximate surface area is 122 Å². The first kappa shape index (κ1) is 12.8. The highest BCUT2D eigenvalue weighted by atomic mass is 35.5. The number of halogens is 1. The van der Waals surface area contributed by atoms with Crippen molar-refractivity contribution >= 4 is 22.6 Å². The smallest absolute Gasteiger partial charge is 0.138 e. The minimum absolute atomic E-state index is 0.660. The summed E-state index contributed by atoms with van der Waals surface area (Å²) in [4.78, 5) is 7.33. The number of pyridine rings is 1. The first-order valence-corrected chi connectivity index (χ1v) is 6.78. The second-order valence-electron chi connectivity index (χ2n) is 4.69. The normalized spacial score (nSPS) is 10.3. The van der Waals surface area contributed by atoms with E-state index in [0.717, 1.165) is 16.6 Å². The lowest BCUT2D eigenvalue weighted by molar-refractivity contribution is 1.29. The van der Waals surface area contributed by atoms with E-state index in [-0.39, 0.29) is 0 Å². The second kappa shape index (κ2) is 5.40. The minimum atomic E-state index is 0.660. The molecule has 20 heavy (non-hydrogen) atoms. The van der Waals surface area contributed by atoms with E-state index < -0.39 is 0 Å². The van der Waals surface area contributed by atoms with Crippen molar-refractivity contribution in [1.82, 2.24) is 9.97 Å². The molecule has 3 aromatic rings. The number of aromatic amines is 1. The van der Waals surface area contributed by atoms with E-state index in [1.54, 1.807) is 6.20 Å². The van der Waals surface area contributed by atoms with E-state index in [0.29, 0.717) is 11.4 Å². The predicted molar refractivity (Wildman–Crippen MR) is 82.9 cm³/mol. The number of aryl methyl sites for hydroxylation is 1. The second-order valence-corrected chi connectivity index (χ2v) is 5.07. The molecule has 0 atom stereocenters. The van der Waals surface area contributed by atoms with Gasteiger partial charge < -0.3 is 4.98 Å².